The number of carbonyl (C=O) groups is 1. The van der Waals surface area contributed by atoms with Gasteiger partial charge in [-0.05, 0) is 29.5 Å². The van der Waals surface area contributed by atoms with E-state index in [1.165, 1.54) is 18.2 Å². The summed E-state index contributed by atoms with van der Waals surface area (Å²) in [5.41, 5.74) is 6.09. The van der Waals surface area contributed by atoms with E-state index in [0.29, 0.717) is 12.1 Å². The number of hydrogen-bond donors (Lipinski definition) is 2. The molecule has 0 spiro atoms. The van der Waals surface area contributed by atoms with Crippen LogP contribution in [0.25, 0.3) is 0 Å². The molecule has 0 aliphatic rings. The number of carbonyl (C=O) groups excluding carboxylic acids is 1. The normalized spacial score (nSPS) is 13.2. The van der Waals surface area contributed by atoms with Crippen LogP contribution in [0.2, 0.25) is 0 Å². The van der Waals surface area contributed by atoms with Crippen LogP contribution in [-0.4, -0.2) is 5.91 Å². The van der Waals surface area contributed by atoms with Crippen LogP contribution in [0, 0.1) is 17.2 Å². The van der Waals surface area contributed by atoms with Gasteiger partial charge in [0.15, 0.2) is 0 Å². The molecule has 4 heteroatoms. The quantitative estimate of drug-likeness (QED) is 0.810. The average Bonchev–Trinajstić information content (AvgIpc) is 2.22. The first-order valence-corrected chi connectivity index (χ1v) is 6.05. The first kappa shape index (κ1) is 14.5. The minimum absolute atomic E-state index is 0.0386. The zero-order valence-corrected chi connectivity index (χ0v) is 11.4. The molecule has 1 aromatic rings. The number of nitrogens with two attached hydrogens (primary N) is 1. The lowest BCUT2D eigenvalue weighted by atomic mass is 9.80. The minimum Gasteiger partial charge on any atom is -0.396 e. The van der Waals surface area contributed by atoms with Crippen LogP contribution < -0.4 is 11.1 Å². The van der Waals surface area contributed by atoms with Gasteiger partial charge in [0.1, 0.15) is 5.82 Å². The van der Waals surface area contributed by atoms with Gasteiger partial charge in [0.2, 0.25) is 5.91 Å². The van der Waals surface area contributed by atoms with E-state index in [0.717, 1.165) is 0 Å². The number of benzene rings is 1. The van der Waals surface area contributed by atoms with Crippen LogP contribution in [0.1, 0.15) is 34.1 Å². The zero-order valence-electron chi connectivity index (χ0n) is 11.4. The van der Waals surface area contributed by atoms with E-state index in [1.807, 2.05) is 6.92 Å². The van der Waals surface area contributed by atoms with E-state index in [2.05, 4.69) is 26.1 Å². The predicted octanol–water partition coefficient (Wildman–Crippen LogP) is 3.42. The molecule has 0 heterocycles. The third-order valence-electron chi connectivity index (χ3n) is 3.25. The first-order valence-electron chi connectivity index (χ1n) is 6.05. The third kappa shape index (κ3) is 4.02. The summed E-state index contributed by atoms with van der Waals surface area (Å²) in [5.74, 6) is -0.296. The molecular formula is C14H21FN2O. The highest BCUT2D eigenvalue weighted by molar-refractivity contribution is 5.91. The number of nitrogen functional groups attached to an aromatic ring is 1. The maximum atomic E-state index is 13.0. The van der Waals surface area contributed by atoms with Gasteiger partial charge in [0.05, 0.1) is 5.69 Å². The molecule has 0 aliphatic heterocycles. The Balaban J connectivity index is 2.62. The lowest BCUT2D eigenvalue weighted by Crippen LogP contribution is -2.23. The number of halogens is 1. The second-order valence-electron chi connectivity index (χ2n) is 5.76. The van der Waals surface area contributed by atoms with Crippen molar-refractivity contribution in [1.82, 2.24) is 0 Å². The molecule has 18 heavy (non-hydrogen) atoms. The van der Waals surface area contributed by atoms with Crippen LogP contribution >= 0.6 is 0 Å². The molecule has 0 saturated heterocycles. The number of nitrogens with one attached hydrogen (secondary N) is 1. The Bertz CT molecular complexity index is 438. The summed E-state index contributed by atoms with van der Waals surface area (Å²) in [6, 6.07) is 4.18. The molecule has 100 valence electrons. The molecule has 0 fully saturated rings. The molecular weight excluding hydrogens is 231 g/mol. The van der Waals surface area contributed by atoms with Crippen molar-refractivity contribution < 1.29 is 9.18 Å². The molecule has 0 aromatic heterocycles. The Kier molecular flexibility index (Phi) is 4.33. The van der Waals surface area contributed by atoms with E-state index in [9.17, 15) is 9.18 Å². The van der Waals surface area contributed by atoms with Crippen LogP contribution in [0.4, 0.5) is 15.8 Å². The van der Waals surface area contributed by atoms with Gasteiger partial charge >= 0.3 is 0 Å². The van der Waals surface area contributed by atoms with Crippen molar-refractivity contribution in [2.24, 2.45) is 11.3 Å². The summed E-state index contributed by atoms with van der Waals surface area (Å²) in [6.07, 6.45) is 0.431. The Morgan fingerprint density at radius 2 is 2.06 bits per heavy atom. The second-order valence-corrected chi connectivity index (χ2v) is 5.76. The van der Waals surface area contributed by atoms with Gasteiger partial charge in [-0.3, -0.25) is 4.79 Å². The zero-order chi connectivity index (χ0) is 13.9. The van der Waals surface area contributed by atoms with E-state index in [1.54, 1.807) is 0 Å². The minimum atomic E-state index is -0.476. The Hall–Kier alpha value is -1.58. The Labute approximate surface area is 108 Å². The van der Waals surface area contributed by atoms with Crippen molar-refractivity contribution in [1.29, 1.82) is 0 Å². The molecule has 0 aliphatic carbocycles. The maximum Gasteiger partial charge on any atom is 0.224 e. The predicted molar refractivity (Wildman–Crippen MR) is 72.7 cm³/mol. The molecule has 1 rings (SSSR count). The summed E-state index contributed by atoms with van der Waals surface area (Å²) < 4.78 is 13.0. The molecule has 1 amide bonds. The maximum absolute atomic E-state index is 13.0. The lowest BCUT2D eigenvalue weighted by Gasteiger charge is -2.26. The van der Waals surface area contributed by atoms with Crippen molar-refractivity contribution in [3.63, 3.8) is 0 Å². The van der Waals surface area contributed by atoms with Gasteiger partial charge in [-0.25, -0.2) is 4.39 Å². The fourth-order valence-corrected chi connectivity index (χ4v) is 1.42. The van der Waals surface area contributed by atoms with Crippen molar-refractivity contribution in [2.75, 3.05) is 11.1 Å². The van der Waals surface area contributed by atoms with Gasteiger partial charge in [-0.1, -0.05) is 27.7 Å². The van der Waals surface area contributed by atoms with Crippen LogP contribution in [0.15, 0.2) is 18.2 Å². The fraction of sp³-hybridized carbons (Fsp3) is 0.500. The number of rotatable bonds is 3. The van der Waals surface area contributed by atoms with Crippen molar-refractivity contribution in [2.45, 2.75) is 34.1 Å². The Morgan fingerprint density at radius 1 is 1.44 bits per heavy atom. The monoisotopic (exact) mass is 252 g/mol. The fourth-order valence-electron chi connectivity index (χ4n) is 1.42. The van der Waals surface area contributed by atoms with E-state index in [-0.39, 0.29) is 22.9 Å². The topological polar surface area (TPSA) is 55.1 Å². The van der Waals surface area contributed by atoms with Crippen LogP contribution in [-0.2, 0) is 4.79 Å². The summed E-state index contributed by atoms with van der Waals surface area (Å²) in [4.78, 5) is 11.8. The van der Waals surface area contributed by atoms with Crippen molar-refractivity contribution >= 4 is 17.3 Å². The van der Waals surface area contributed by atoms with Gasteiger partial charge in [0.25, 0.3) is 0 Å². The van der Waals surface area contributed by atoms with Crippen LogP contribution in [0.5, 0.6) is 0 Å². The second kappa shape index (κ2) is 5.38. The van der Waals surface area contributed by atoms with Gasteiger partial charge in [-0.15, -0.1) is 0 Å². The lowest BCUT2D eigenvalue weighted by molar-refractivity contribution is -0.117. The molecule has 0 saturated carbocycles. The Morgan fingerprint density at radius 3 is 2.56 bits per heavy atom. The largest absolute Gasteiger partial charge is 0.396 e. The van der Waals surface area contributed by atoms with Crippen molar-refractivity contribution in [3.05, 3.63) is 24.0 Å². The van der Waals surface area contributed by atoms with E-state index in [4.69, 9.17) is 5.73 Å². The highest BCUT2D eigenvalue weighted by Crippen LogP contribution is 2.28. The van der Waals surface area contributed by atoms with Crippen LogP contribution in [0.3, 0.4) is 0 Å². The third-order valence-corrected chi connectivity index (χ3v) is 3.25. The summed E-state index contributed by atoms with van der Waals surface area (Å²) >= 11 is 0. The summed E-state index contributed by atoms with van der Waals surface area (Å²) in [7, 11) is 0. The molecule has 0 bridgehead atoms. The molecule has 3 nitrogen and oxygen atoms in total. The molecule has 1 unspecified atom stereocenters. The number of hydrogen-bond acceptors (Lipinski definition) is 2. The SMILES string of the molecule is CC(CC(=O)Nc1ccc(F)c(N)c1)C(C)(C)C. The number of anilines is 2. The highest BCUT2D eigenvalue weighted by atomic mass is 19.1. The highest BCUT2D eigenvalue weighted by Gasteiger charge is 2.22. The standard InChI is InChI=1S/C14H21FN2O/c1-9(14(2,3)4)7-13(18)17-10-5-6-11(15)12(16)8-10/h5-6,8-9H,7,16H2,1-4H3,(H,17,18). The summed E-state index contributed by atoms with van der Waals surface area (Å²) in [6.45, 7) is 8.33. The first-order chi connectivity index (χ1) is 8.20. The number of amides is 1. The smallest absolute Gasteiger partial charge is 0.224 e. The van der Waals surface area contributed by atoms with Gasteiger partial charge in [-0.2, -0.15) is 0 Å². The van der Waals surface area contributed by atoms with Gasteiger partial charge < -0.3 is 11.1 Å². The van der Waals surface area contributed by atoms with E-state index < -0.39 is 5.82 Å². The molecule has 3 N–H and O–H groups in total. The molecule has 1 aromatic carbocycles. The van der Waals surface area contributed by atoms with E-state index >= 15 is 0 Å². The van der Waals surface area contributed by atoms with Crippen molar-refractivity contribution in [3.8, 4) is 0 Å². The molecule has 1 atom stereocenters. The van der Waals surface area contributed by atoms with Gasteiger partial charge in [0, 0.05) is 12.1 Å². The average molecular weight is 252 g/mol. The molecule has 0 radical (unpaired) electrons. The summed E-state index contributed by atoms with van der Waals surface area (Å²) in [5, 5.41) is 2.73.